The van der Waals surface area contributed by atoms with Gasteiger partial charge in [-0.1, -0.05) is 36.4 Å². The normalized spacial score (nSPS) is 15.2. The number of benzene rings is 1. The molecule has 1 aromatic carbocycles. The zero-order chi connectivity index (χ0) is 8.97. The van der Waals surface area contributed by atoms with Gasteiger partial charge >= 0.3 is 0 Å². The summed E-state index contributed by atoms with van der Waals surface area (Å²) in [6, 6.07) is 9.30. The highest BCUT2D eigenvalue weighted by atomic mass is 35.5. The van der Waals surface area contributed by atoms with Crippen LogP contribution in [-0.4, -0.2) is 10.5 Å². The highest BCUT2D eigenvalue weighted by Gasteiger charge is 2.13. The fourth-order valence-corrected chi connectivity index (χ4v) is 1.11. The van der Waals surface area contributed by atoms with Gasteiger partial charge in [0.15, 0.2) is 0 Å². The highest BCUT2D eigenvalue weighted by molar-refractivity contribution is 6.22. The first kappa shape index (κ1) is 9.30. The van der Waals surface area contributed by atoms with Crippen LogP contribution in [0.2, 0.25) is 0 Å². The lowest BCUT2D eigenvalue weighted by Gasteiger charge is -2.12. The minimum absolute atomic E-state index is 0.424. The maximum atomic E-state index is 9.59. The van der Waals surface area contributed by atoms with Gasteiger partial charge in [0.2, 0.25) is 0 Å². The molecule has 0 aliphatic carbocycles. The van der Waals surface area contributed by atoms with Gasteiger partial charge in [0, 0.05) is 0 Å². The Kier molecular flexibility index (Phi) is 3.32. The fourth-order valence-electron chi connectivity index (χ4n) is 0.963. The minimum Gasteiger partial charge on any atom is -0.387 e. The number of halogens is 1. The largest absolute Gasteiger partial charge is 0.387 e. The van der Waals surface area contributed by atoms with Gasteiger partial charge in [-0.05, 0) is 5.56 Å². The van der Waals surface area contributed by atoms with E-state index in [9.17, 15) is 5.11 Å². The van der Waals surface area contributed by atoms with Crippen molar-refractivity contribution in [3.8, 4) is 0 Å². The number of hydrogen-bond donors (Lipinski definition) is 1. The number of alkyl halides is 1. The molecule has 0 saturated carbocycles. The molecular formula is C10H11ClO. The molecule has 0 radical (unpaired) electrons. The second kappa shape index (κ2) is 4.29. The molecule has 0 heterocycles. The molecule has 1 aromatic rings. The van der Waals surface area contributed by atoms with Crippen LogP contribution in [0.3, 0.4) is 0 Å². The topological polar surface area (TPSA) is 20.2 Å². The third-order valence-corrected chi connectivity index (χ3v) is 2.08. The second-order valence-corrected chi connectivity index (χ2v) is 3.04. The Morgan fingerprint density at radius 2 is 1.92 bits per heavy atom. The second-order valence-electron chi connectivity index (χ2n) is 2.54. The summed E-state index contributed by atoms with van der Waals surface area (Å²) in [6.07, 6.45) is 0.865. The van der Waals surface area contributed by atoms with Crippen LogP contribution in [-0.2, 0) is 0 Å². The van der Waals surface area contributed by atoms with E-state index in [1.54, 1.807) is 0 Å². The summed E-state index contributed by atoms with van der Waals surface area (Å²) in [5, 5.41) is 9.16. The van der Waals surface area contributed by atoms with Crippen LogP contribution < -0.4 is 0 Å². The predicted molar refractivity (Wildman–Crippen MR) is 51.2 cm³/mol. The van der Waals surface area contributed by atoms with Crippen LogP contribution in [0.25, 0.3) is 0 Å². The van der Waals surface area contributed by atoms with Gasteiger partial charge in [-0.25, -0.2) is 0 Å². The molecular weight excluding hydrogens is 172 g/mol. The summed E-state index contributed by atoms with van der Waals surface area (Å²) in [6.45, 7) is 3.52. The Morgan fingerprint density at radius 1 is 1.33 bits per heavy atom. The Morgan fingerprint density at radius 3 is 2.42 bits per heavy atom. The number of aliphatic hydroxyl groups excluding tert-OH is 1. The lowest BCUT2D eigenvalue weighted by molar-refractivity contribution is 0.185. The van der Waals surface area contributed by atoms with Crippen molar-refractivity contribution in [2.75, 3.05) is 0 Å². The summed E-state index contributed by atoms with van der Waals surface area (Å²) in [7, 11) is 0. The average Bonchev–Trinajstić information content (AvgIpc) is 2.17. The molecule has 0 aliphatic rings. The average molecular weight is 183 g/mol. The molecule has 0 fully saturated rings. The van der Waals surface area contributed by atoms with Gasteiger partial charge < -0.3 is 5.11 Å². The fraction of sp³-hybridized carbons (Fsp3) is 0.200. The van der Waals surface area contributed by atoms with Gasteiger partial charge in [-0.15, -0.1) is 18.2 Å². The molecule has 2 heteroatoms. The molecule has 1 rings (SSSR count). The van der Waals surface area contributed by atoms with E-state index in [1.165, 1.54) is 6.08 Å². The maximum absolute atomic E-state index is 9.59. The third kappa shape index (κ3) is 2.10. The Balaban J connectivity index is 2.78. The molecule has 0 aromatic heterocycles. The predicted octanol–water partition coefficient (Wildman–Crippen LogP) is 2.51. The Labute approximate surface area is 77.3 Å². The quantitative estimate of drug-likeness (QED) is 0.563. The van der Waals surface area contributed by atoms with Crippen molar-refractivity contribution in [1.82, 2.24) is 0 Å². The number of aliphatic hydroxyl groups is 1. The van der Waals surface area contributed by atoms with E-state index in [1.807, 2.05) is 30.3 Å². The first-order chi connectivity index (χ1) is 5.75. The molecule has 1 nitrogen and oxygen atoms in total. The minimum atomic E-state index is -0.662. The summed E-state index contributed by atoms with van der Waals surface area (Å²) in [5.74, 6) is 0. The molecule has 0 bridgehead atoms. The molecule has 64 valence electrons. The van der Waals surface area contributed by atoms with E-state index in [-0.39, 0.29) is 0 Å². The van der Waals surface area contributed by atoms with Gasteiger partial charge in [0.05, 0.1) is 11.5 Å². The smallest absolute Gasteiger partial charge is 0.0988 e. The summed E-state index contributed by atoms with van der Waals surface area (Å²) in [5.41, 5.74) is 0.817. The van der Waals surface area contributed by atoms with Crippen LogP contribution >= 0.6 is 11.6 Å². The molecule has 0 unspecified atom stereocenters. The number of rotatable bonds is 3. The van der Waals surface area contributed by atoms with Crippen molar-refractivity contribution in [2.24, 2.45) is 0 Å². The van der Waals surface area contributed by atoms with Crippen molar-refractivity contribution < 1.29 is 5.11 Å². The standard InChI is InChI=1S/C10H11ClO/c1-2-9(11)10(12)8-6-4-3-5-7-8/h2-7,9-10,12H,1H2/t9-,10+/m0/s1. The zero-order valence-electron chi connectivity index (χ0n) is 6.65. The molecule has 0 aliphatic heterocycles. The van der Waals surface area contributed by atoms with Crippen molar-refractivity contribution >= 4 is 11.6 Å². The van der Waals surface area contributed by atoms with Gasteiger partial charge in [0.1, 0.15) is 0 Å². The van der Waals surface area contributed by atoms with Crippen LogP contribution in [0.1, 0.15) is 11.7 Å². The van der Waals surface area contributed by atoms with Crippen LogP contribution in [0.4, 0.5) is 0 Å². The first-order valence-corrected chi connectivity index (χ1v) is 4.19. The lowest BCUT2D eigenvalue weighted by atomic mass is 10.1. The molecule has 12 heavy (non-hydrogen) atoms. The monoisotopic (exact) mass is 182 g/mol. The SMILES string of the molecule is C=C[C@H](Cl)[C@H](O)c1ccccc1. The van der Waals surface area contributed by atoms with Crippen LogP contribution in [0.15, 0.2) is 43.0 Å². The molecule has 0 amide bonds. The van der Waals surface area contributed by atoms with Crippen molar-refractivity contribution in [1.29, 1.82) is 0 Å². The summed E-state index contributed by atoms with van der Waals surface area (Å²) < 4.78 is 0. The number of hydrogen-bond acceptors (Lipinski definition) is 1. The Hall–Kier alpha value is -0.790. The van der Waals surface area contributed by atoms with E-state index in [0.717, 1.165) is 5.56 Å². The first-order valence-electron chi connectivity index (χ1n) is 3.75. The van der Waals surface area contributed by atoms with Crippen molar-refractivity contribution in [2.45, 2.75) is 11.5 Å². The van der Waals surface area contributed by atoms with E-state index in [4.69, 9.17) is 11.6 Å². The lowest BCUT2D eigenvalue weighted by Crippen LogP contribution is -2.08. The van der Waals surface area contributed by atoms with Crippen LogP contribution in [0.5, 0.6) is 0 Å². The highest BCUT2D eigenvalue weighted by Crippen LogP contribution is 2.20. The Bertz CT molecular complexity index is 245. The van der Waals surface area contributed by atoms with E-state index in [0.29, 0.717) is 0 Å². The van der Waals surface area contributed by atoms with Crippen molar-refractivity contribution in [3.05, 3.63) is 48.6 Å². The maximum Gasteiger partial charge on any atom is 0.0988 e. The molecule has 2 atom stereocenters. The van der Waals surface area contributed by atoms with E-state index in [2.05, 4.69) is 6.58 Å². The molecule has 0 spiro atoms. The van der Waals surface area contributed by atoms with E-state index >= 15 is 0 Å². The summed E-state index contributed by atoms with van der Waals surface area (Å²) >= 11 is 5.78. The van der Waals surface area contributed by atoms with Gasteiger partial charge in [-0.3, -0.25) is 0 Å². The van der Waals surface area contributed by atoms with E-state index < -0.39 is 11.5 Å². The zero-order valence-corrected chi connectivity index (χ0v) is 7.41. The summed E-state index contributed by atoms with van der Waals surface area (Å²) in [4.78, 5) is 0. The van der Waals surface area contributed by atoms with Gasteiger partial charge in [-0.2, -0.15) is 0 Å². The van der Waals surface area contributed by atoms with Crippen LogP contribution in [0, 0.1) is 0 Å². The van der Waals surface area contributed by atoms with Gasteiger partial charge in [0.25, 0.3) is 0 Å². The third-order valence-electron chi connectivity index (χ3n) is 1.67. The van der Waals surface area contributed by atoms with Crippen molar-refractivity contribution in [3.63, 3.8) is 0 Å². The molecule has 1 N–H and O–H groups in total. The molecule has 0 saturated heterocycles.